The second-order valence-electron chi connectivity index (χ2n) is 30.2. The Morgan fingerprint density at radius 2 is 0.398 bits per heavy atom. The van der Waals surface area contributed by atoms with Crippen LogP contribution in [0.3, 0.4) is 0 Å². The Balaban J connectivity index is 0.000000138. The second kappa shape index (κ2) is 28.0. The average molecular weight is 1510 g/mol. The molecule has 8 aromatic heterocycles. The lowest BCUT2D eigenvalue weighted by atomic mass is 9.98. The predicted octanol–water partition coefficient (Wildman–Crippen LogP) is 27.2. The Labute approximate surface area is 678 Å². The summed E-state index contributed by atoms with van der Waals surface area (Å²) in [5.74, 6) is 1.37. The van der Waals surface area contributed by atoms with E-state index in [0.29, 0.717) is 11.6 Å². The molecule has 0 aliphatic carbocycles. The lowest BCUT2D eigenvalue weighted by Gasteiger charge is -2.09. The fourth-order valence-corrected chi connectivity index (χ4v) is 18.1. The standard InChI is InChI=1S/2C54H35N5/c1-4-13-38(14-5-1)53-52(56-54-55-31-12-32-57(53)54)37-23-21-36(22-24-37)39-25-28-50-46(33-39)47-35-41(27-30-51(47)59(50)43-17-8-3-9-18-43)40-26-29-49-45(34-40)44-19-10-11-20-48(44)58(49)42-15-6-2-7-16-42;1-4-13-37(14-5-1)52-53(57-32-12-31-55-54(57)56-52)38-23-21-36(22-24-38)39-25-28-50-46(33-39)47-35-41(27-30-51(47)59(50)43-17-8-3-9-18-43)40-26-29-49-45(34-40)44-19-10-11-20-48(44)58(49)42-15-6-2-7-16-42/h2*1-35H. The summed E-state index contributed by atoms with van der Waals surface area (Å²) >= 11 is 0. The van der Waals surface area contributed by atoms with Crippen molar-refractivity contribution in [2.24, 2.45) is 0 Å². The van der Waals surface area contributed by atoms with Gasteiger partial charge in [-0.1, -0.05) is 255 Å². The zero-order valence-electron chi connectivity index (χ0n) is 63.9. The maximum Gasteiger partial charge on any atom is 0.234 e. The van der Waals surface area contributed by atoms with E-state index in [4.69, 9.17) is 9.97 Å². The third-order valence-corrected chi connectivity index (χ3v) is 23.5. The topological polar surface area (TPSA) is 80.1 Å². The van der Waals surface area contributed by atoms with Gasteiger partial charge in [0.25, 0.3) is 0 Å². The molecule has 0 saturated heterocycles. The van der Waals surface area contributed by atoms with E-state index < -0.39 is 0 Å². The number of nitrogens with zero attached hydrogens (tertiary/aromatic N) is 10. The van der Waals surface area contributed by atoms with Crippen molar-refractivity contribution in [2.45, 2.75) is 0 Å². The lowest BCUT2D eigenvalue weighted by Crippen LogP contribution is -1.93. The number of hydrogen-bond donors (Lipinski definition) is 0. The summed E-state index contributed by atoms with van der Waals surface area (Å²) in [4.78, 5) is 19.1. The smallest absolute Gasteiger partial charge is 0.234 e. The number of rotatable bonds is 12. The van der Waals surface area contributed by atoms with E-state index in [1.54, 1.807) is 12.4 Å². The first-order valence-electron chi connectivity index (χ1n) is 40.0. The van der Waals surface area contributed by atoms with Crippen LogP contribution in [0.25, 0.3) is 211 Å². The highest BCUT2D eigenvalue weighted by molar-refractivity contribution is 6.16. The van der Waals surface area contributed by atoms with Gasteiger partial charge in [0.05, 0.1) is 66.9 Å². The van der Waals surface area contributed by atoms with Gasteiger partial charge in [0.15, 0.2) is 0 Å². The molecule has 0 amide bonds. The lowest BCUT2D eigenvalue weighted by molar-refractivity contribution is 1.11. The Hall–Kier alpha value is -16.0. The fraction of sp³-hybridized carbons (Fsp3) is 0. The second-order valence-corrected chi connectivity index (χ2v) is 30.2. The molecule has 0 aliphatic rings. The molecule has 24 rings (SSSR count). The normalized spacial score (nSPS) is 11.7. The maximum atomic E-state index is 5.00. The Bertz CT molecular complexity index is 7990. The highest BCUT2D eigenvalue weighted by Gasteiger charge is 2.24. The molecule has 118 heavy (non-hydrogen) atoms. The van der Waals surface area contributed by atoms with Crippen molar-refractivity contribution in [2.75, 3.05) is 0 Å². The molecule has 24 aromatic rings. The van der Waals surface area contributed by atoms with Crippen molar-refractivity contribution in [1.29, 1.82) is 0 Å². The van der Waals surface area contributed by atoms with Gasteiger partial charge >= 0.3 is 0 Å². The third kappa shape index (κ3) is 11.3. The van der Waals surface area contributed by atoms with Crippen LogP contribution in [-0.4, -0.2) is 47.0 Å². The molecule has 0 N–H and O–H groups in total. The third-order valence-electron chi connectivity index (χ3n) is 23.5. The van der Waals surface area contributed by atoms with E-state index >= 15 is 0 Å². The van der Waals surface area contributed by atoms with Crippen LogP contribution in [0.15, 0.2) is 425 Å². The van der Waals surface area contributed by atoms with Gasteiger partial charge in [-0.2, -0.15) is 0 Å². The van der Waals surface area contributed by atoms with E-state index in [1.165, 1.54) is 115 Å². The summed E-state index contributed by atoms with van der Waals surface area (Å²) in [5.41, 5.74) is 31.7. The zero-order valence-corrected chi connectivity index (χ0v) is 63.9. The monoisotopic (exact) mass is 1510 g/mol. The molecule has 0 aliphatic heterocycles. The van der Waals surface area contributed by atoms with Crippen LogP contribution in [0.5, 0.6) is 0 Å². The maximum absolute atomic E-state index is 5.00. The summed E-state index contributed by atoms with van der Waals surface area (Å²) in [6.45, 7) is 0. The number of fused-ring (bicyclic) bond motifs is 14. The van der Waals surface area contributed by atoms with Gasteiger partial charge in [0.1, 0.15) is 0 Å². The number of benzene rings is 16. The van der Waals surface area contributed by atoms with E-state index in [2.05, 4.69) is 413 Å². The van der Waals surface area contributed by atoms with Gasteiger partial charge in [0, 0.05) is 113 Å². The predicted molar refractivity (Wildman–Crippen MR) is 487 cm³/mol. The zero-order chi connectivity index (χ0) is 77.7. The van der Waals surface area contributed by atoms with Crippen molar-refractivity contribution in [3.63, 3.8) is 0 Å². The van der Waals surface area contributed by atoms with Crippen molar-refractivity contribution < 1.29 is 0 Å². The molecular weight excluding hydrogens is 1440 g/mol. The molecule has 0 saturated carbocycles. The molecule has 0 bridgehead atoms. The van der Waals surface area contributed by atoms with Gasteiger partial charge < -0.3 is 18.3 Å². The average Bonchev–Trinajstić information content (AvgIpc) is 1.57. The van der Waals surface area contributed by atoms with Crippen LogP contribution in [0.4, 0.5) is 0 Å². The van der Waals surface area contributed by atoms with E-state index in [9.17, 15) is 0 Å². The number of hydrogen-bond acceptors (Lipinski definition) is 4. The van der Waals surface area contributed by atoms with Crippen molar-refractivity contribution >= 4 is 98.8 Å². The molecule has 0 fully saturated rings. The fourth-order valence-electron chi connectivity index (χ4n) is 18.1. The van der Waals surface area contributed by atoms with Gasteiger partial charge in [-0.05, 0) is 190 Å². The molecular formula is C108H70N10. The first-order valence-corrected chi connectivity index (χ1v) is 40.0. The van der Waals surface area contributed by atoms with Crippen LogP contribution in [0, 0.1) is 0 Å². The first-order chi connectivity index (χ1) is 58.5. The van der Waals surface area contributed by atoms with Crippen molar-refractivity contribution in [1.82, 2.24) is 47.0 Å². The molecule has 552 valence electrons. The van der Waals surface area contributed by atoms with Gasteiger partial charge in [-0.25, -0.2) is 19.9 Å². The number of para-hydroxylation sites is 6. The Kier molecular flexibility index (Phi) is 16.0. The summed E-state index contributed by atoms with van der Waals surface area (Å²) in [7, 11) is 0. The molecule has 0 atom stereocenters. The molecule has 0 unspecified atom stereocenters. The minimum atomic E-state index is 0.684. The largest absolute Gasteiger partial charge is 0.309 e. The molecule has 10 heteroatoms. The van der Waals surface area contributed by atoms with Gasteiger partial charge in [0.2, 0.25) is 11.6 Å². The number of imidazole rings is 2. The van der Waals surface area contributed by atoms with Crippen LogP contribution in [0.2, 0.25) is 0 Å². The van der Waals surface area contributed by atoms with Crippen LogP contribution in [-0.2, 0) is 0 Å². The highest BCUT2D eigenvalue weighted by atomic mass is 15.1. The van der Waals surface area contributed by atoms with Crippen LogP contribution >= 0.6 is 0 Å². The summed E-state index contributed by atoms with van der Waals surface area (Å²) in [6, 6.07) is 144. The van der Waals surface area contributed by atoms with Crippen LogP contribution in [0.1, 0.15) is 0 Å². The van der Waals surface area contributed by atoms with Crippen molar-refractivity contribution in [3.8, 4) is 112 Å². The summed E-state index contributed by atoms with van der Waals surface area (Å²) < 4.78 is 13.7. The SMILES string of the molecule is c1ccc(-c2c(-c3ccc(-c4ccc5c(c4)c4cc(-c6ccc7c(c6)c6ccccc6n7-c6ccccc6)ccc4n5-c4ccccc4)cc3)nc3ncccn23)cc1.c1ccc(-c2nc3ncccn3c2-c2ccc(-c3ccc4c(c3)c3cc(-c5ccc6c(c5)c5ccccc5n6-c5ccccc5)ccc3n4-c3ccccc3)cc2)cc1. The molecule has 8 heterocycles. The summed E-state index contributed by atoms with van der Waals surface area (Å²) in [6.07, 6.45) is 7.66. The molecule has 10 nitrogen and oxygen atoms in total. The minimum Gasteiger partial charge on any atom is -0.309 e. The quantitative estimate of drug-likeness (QED) is 0.122. The minimum absolute atomic E-state index is 0.684. The Morgan fingerprint density at radius 3 is 0.729 bits per heavy atom. The van der Waals surface area contributed by atoms with Crippen molar-refractivity contribution in [3.05, 3.63) is 425 Å². The highest BCUT2D eigenvalue weighted by Crippen LogP contribution is 2.45. The van der Waals surface area contributed by atoms with E-state index in [-0.39, 0.29) is 0 Å². The van der Waals surface area contributed by atoms with Gasteiger partial charge in [-0.3, -0.25) is 8.80 Å². The van der Waals surface area contributed by atoms with E-state index in [1.807, 2.05) is 36.7 Å². The van der Waals surface area contributed by atoms with Crippen LogP contribution < -0.4 is 0 Å². The molecule has 0 spiro atoms. The number of aromatic nitrogens is 10. The van der Waals surface area contributed by atoms with E-state index in [0.717, 1.165) is 84.5 Å². The molecule has 16 aromatic carbocycles. The first kappa shape index (κ1) is 67.6. The van der Waals surface area contributed by atoms with Gasteiger partial charge in [-0.15, -0.1) is 0 Å². The summed E-state index contributed by atoms with van der Waals surface area (Å²) in [5, 5.41) is 9.86. The Morgan fingerprint density at radius 1 is 0.169 bits per heavy atom. The molecule has 0 radical (unpaired) electrons.